The first-order valence-corrected chi connectivity index (χ1v) is 7.66. The Kier molecular flexibility index (Phi) is 3.49. The molecule has 1 N–H and O–H groups in total. The Morgan fingerprint density at radius 3 is 2.90 bits per heavy atom. The normalized spacial score (nSPS) is 33.0. The lowest BCUT2D eigenvalue weighted by Gasteiger charge is -2.46. The quantitative estimate of drug-likeness (QED) is 0.833. The summed E-state index contributed by atoms with van der Waals surface area (Å²) in [6.07, 6.45) is 4.36. The third-order valence-electron chi connectivity index (χ3n) is 5.01. The molecule has 110 valence electrons. The van der Waals surface area contributed by atoms with Gasteiger partial charge >= 0.3 is 0 Å². The second-order valence-corrected chi connectivity index (χ2v) is 6.79. The first kappa shape index (κ1) is 13.9. The van der Waals surface area contributed by atoms with Crippen molar-refractivity contribution < 1.29 is 14.2 Å². The molecular formula is C17H23FO2. The van der Waals surface area contributed by atoms with Gasteiger partial charge in [0.2, 0.25) is 0 Å². The molecule has 1 saturated carbocycles. The fourth-order valence-corrected chi connectivity index (χ4v) is 3.83. The van der Waals surface area contributed by atoms with E-state index in [1.165, 1.54) is 18.6 Å². The maximum Gasteiger partial charge on any atom is 0.126 e. The van der Waals surface area contributed by atoms with Gasteiger partial charge in [0.25, 0.3) is 0 Å². The van der Waals surface area contributed by atoms with Crippen molar-refractivity contribution in [2.75, 3.05) is 0 Å². The minimum Gasteiger partial charge on any atom is -0.487 e. The highest BCUT2D eigenvalue weighted by Crippen LogP contribution is 2.48. The van der Waals surface area contributed by atoms with Crippen molar-refractivity contribution in [1.29, 1.82) is 0 Å². The number of benzene rings is 1. The molecule has 0 bridgehead atoms. The van der Waals surface area contributed by atoms with Crippen molar-refractivity contribution in [3.8, 4) is 5.75 Å². The lowest BCUT2D eigenvalue weighted by molar-refractivity contribution is -0.0574. The van der Waals surface area contributed by atoms with E-state index in [0.717, 1.165) is 19.3 Å². The maximum atomic E-state index is 13.3. The van der Waals surface area contributed by atoms with E-state index in [2.05, 4.69) is 13.8 Å². The van der Waals surface area contributed by atoms with Gasteiger partial charge in [0.15, 0.2) is 0 Å². The summed E-state index contributed by atoms with van der Waals surface area (Å²) in [4.78, 5) is 0. The van der Waals surface area contributed by atoms with Gasteiger partial charge in [-0.2, -0.15) is 0 Å². The molecular weight excluding hydrogens is 255 g/mol. The van der Waals surface area contributed by atoms with Crippen molar-refractivity contribution >= 4 is 0 Å². The summed E-state index contributed by atoms with van der Waals surface area (Å²) < 4.78 is 19.5. The third-order valence-corrected chi connectivity index (χ3v) is 5.01. The zero-order chi connectivity index (χ0) is 14.3. The predicted octanol–water partition coefficient (Wildman–Crippen LogP) is 4.23. The molecule has 2 unspecified atom stereocenters. The number of fused-ring (bicyclic) bond motifs is 1. The fraction of sp³-hybridized carbons (Fsp3) is 0.647. The Labute approximate surface area is 120 Å². The summed E-state index contributed by atoms with van der Waals surface area (Å²) in [6.45, 7) is 4.51. The average molecular weight is 278 g/mol. The molecule has 2 aliphatic rings. The van der Waals surface area contributed by atoms with Crippen molar-refractivity contribution in [2.24, 2.45) is 11.8 Å². The molecule has 0 saturated heterocycles. The second-order valence-electron chi connectivity index (χ2n) is 6.79. The summed E-state index contributed by atoms with van der Waals surface area (Å²) in [5.74, 6) is 1.64. The highest BCUT2D eigenvalue weighted by Gasteiger charge is 2.44. The van der Waals surface area contributed by atoms with Crippen LogP contribution in [0.3, 0.4) is 0 Å². The maximum absolute atomic E-state index is 13.3. The molecule has 1 aliphatic heterocycles. The number of halogens is 1. The average Bonchev–Trinajstić information content (AvgIpc) is 2.40. The SMILES string of the molecule is CC(C)C1CCCC2(C1)C[C@H](O)c1cc(F)ccc1O2. The van der Waals surface area contributed by atoms with Gasteiger partial charge in [-0.25, -0.2) is 4.39 Å². The first-order chi connectivity index (χ1) is 9.49. The molecule has 1 fully saturated rings. The van der Waals surface area contributed by atoms with Gasteiger partial charge < -0.3 is 9.84 Å². The summed E-state index contributed by atoms with van der Waals surface area (Å²) >= 11 is 0. The summed E-state index contributed by atoms with van der Waals surface area (Å²) in [5.41, 5.74) is 0.347. The number of ether oxygens (including phenoxy) is 1. The minimum absolute atomic E-state index is 0.253. The Hall–Kier alpha value is -1.09. The van der Waals surface area contributed by atoms with E-state index >= 15 is 0 Å². The van der Waals surface area contributed by atoms with Crippen LogP contribution in [-0.4, -0.2) is 10.7 Å². The molecule has 1 aliphatic carbocycles. The van der Waals surface area contributed by atoms with E-state index in [-0.39, 0.29) is 11.4 Å². The highest BCUT2D eigenvalue weighted by molar-refractivity contribution is 5.38. The van der Waals surface area contributed by atoms with E-state index in [1.54, 1.807) is 6.07 Å². The summed E-state index contributed by atoms with van der Waals surface area (Å²) in [7, 11) is 0. The van der Waals surface area contributed by atoms with Crippen LogP contribution in [0.25, 0.3) is 0 Å². The summed E-state index contributed by atoms with van der Waals surface area (Å²) in [5, 5.41) is 10.4. The molecule has 0 radical (unpaired) electrons. The van der Waals surface area contributed by atoms with Crippen LogP contribution in [-0.2, 0) is 0 Å². The summed E-state index contributed by atoms with van der Waals surface area (Å²) in [6, 6.07) is 4.47. The van der Waals surface area contributed by atoms with Crippen molar-refractivity contribution in [2.45, 2.75) is 57.7 Å². The Morgan fingerprint density at radius 2 is 2.15 bits per heavy atom. The largest absolute Gasteiger partial charge is 0.487 e. The Morgan fingerprint density at radius 1 is 1.35 bits per heavy atom. The van der Waals surface area contributed by atoms with Gasteiger partial charge in [-0.05, 0) is 55.7 Å². The Bertz CT molecular complexity index is 500. The van der Waals surface area contributed by atoms with E-state index in [4.69, 9.17) is 4.74 Å². The van der Waals surface area contributed by atoms with Gasteiger partial charge in [-0.1, -0.05) is 13.8 Å². The fourth-order valence-electron chi connectivity index (χ4n) is 3.83. The molecule has 3 rings (SSSR count). The van der Waals surface area contributed by atoms with Crippen LogP contribution in [0.15, 0.2) is 18.2 Å². The standard InChI is InChI=1S/C17H23FO2/c1-11(2)12-4-3-7-17(9-12)10-15(19)14-8-13(18)5-6-16(14)20-17/h5-6,8,11-12,15,19H,3-4,7,9-10H2,1-2H3/t12?,15-,17?/m0/s1. The smallest absolute Gasteiger partial charge is 0.126 e. The number of hydrogen-bond acceptors (Lipinski definition) is 2. The number of rotatable bonds is 1. The second kappa shape index (κ2) is 5.03. The van der Waals surface area contributed by atoms with E-state index in [0.29, 0.717) is 29.6 Å². The number of aliphatic hydroxyl groups excluding tert-OH is 1. The lowest BCUT2D eigenvalue weighted by atomic mass is 9.70. The van der Waals surface area contributed by atoms with Crippen LogP contribution in [0.5, 0.6) is 5.75 Å². The molecule has 1 heterocycles. The van der Waals surface area contributed by atoms with Gasteiger partial charge in [-0.3, -0.25) is 0 Å². The van der Waals surface area contributed by atoms with Crippen LogP contribution in [0.4, 0.5) is 4.39 Å². The van der Waals surface area contributed by atoms with Gasteiger partial charge in [-0.15, -0.1) is 0 Å². The first-order valence-electron chi connectivity index (χ1n) is 7.66. The molecule has 0 amide bonds. The van der Waals surface area contributed by atoms with Crippen molar-refractivity contribution in [3.05, 3.63) is 29.6 Å². The van der Waals surface area contributed by atoms with E-state index < -0.39 is 6.10 Å². The molecule has 1 aromatic rings. The van der Waals surface area contributed by atoms with Gasteiger partial charge in [0, 0.05) is 12.0 Å². The van der Waals surface area contributed by atoms with Crippen molar-refractivity contribution in [3.63, 3.8) is 0 Å². The van der Waals surface area contributed by atoms with Crippen molar-refractivity contribution in [1.82, 2.24) is 0 Å². The van der Waals surface area contributed by atoms with E-state index in [1.807, 2.05) is 0 Å². The molecule has 2 nitrogen and oxygen atoms in total. The molecule has 0 aromatic heterocycles. The monoisotopic (exact) mass is 278 g/mol. The van der Waals surface area contributed by atoms with E-state index in [9.17, 15) is 9.50 Å². The third kappa shape index (κ3) is 2.44. The van der Waals surface area contributed by atoms with Crippen LogP contribution in [0.1, 0.15) is 57.6 Å². The van der Waals surface area contributed by atoms with Crippen LogP contribution >= 0.6 is 0 Å². The lowest BCUT2D eigenvalue weighted by Crippen LogP contribution is -2.45. The molecule has 1 spiro atoms. The topological polar surface area (TPSA) is 29.5 Å². The number of aliphatic hydroxyl groups is 1. The Balaban J connectivity index is 1.88. The molecule has 3 heteroatoms. The zero-order valence-corrected chi connectivity index (χ0v) is 12.2. The van der Waals surface area contributed by atoms with Crippen LogP contribution in [0, 0.1) is 17.7 Å². The predicted molar refractivity (Wildman–Crippen MR) is 76.1 cm³/mol. The zero-order valence-electron chi connectivity index (χ0n) is 12.2. The minimum atomic E-state index is -0.611. The molecule has 20 heavy (non-hydrogen) atoms. The number of hydrogen-bond donors (Lipinski definition) is 1. The van der Waals surface area contributed by atoms with Gasteiger partial charge in [0.1, 0.15) is 17.2 Å². The van der Waals surface area contributed by atoms with Crippen LogP contribution < -0.4 is 4.74 Å². The highest BCUT2D eigenvalue weighted by atomic mass is 19.1. The molecule has 3 atom stereocenters. The van der Waals surface area contributed by atoms with Crippen LogP contribution in [0.2, 0.25) is 0 Å². The molecule has 1 aromatic carbocycles. The van der Waals surface area contributed by atoms with Gasteiger partial charge in [0.05, 0.1) is 6.10 Å².